The summed E-state index contributed by atoms with van der Waals surface area (Å²) in [4.78, 5) is 12.5. The van der Waals surface area contributed by atoms with E-state index in [2.05, 4.69) is 27.1 Å². The number of hydrogen-bond acceptors (Lipinski definition) is 4. The van der Waals surface area contributed by atoms with Crippen LogP contribution >= 0.6 is 35.3 Å². The molecule has 0 saturated carbocycles. The summed E-state index contributed by atoms with van der Waals surface area (Å²) in [5, 5.41) is 4.55. The van der Waals surface area contributed by atoms with E-state index in [1.807, 2.05) is 43.6 Å². The first kappa shape index (κ1) is 21.0. The molecule has 142 valence electrons. The summed E-state index contributed by atoms with van der Waals surface area (Å²) in [6, 6.07) is 10.1. The van der Waals surface area contributed by atoms with Gasteiger partial charge in [-0.2, -0.15) is 0 Å². The van der Waals surface area contributed by atoms with Crippen molar-refractivity contribution in [1.82, 2.24) is 15.2 Å². The second kappa shape index (κ2) is 10.7. The van der Waals surface area contributed by atoms with Crippen molar-refractivity contribution < 1.29 is 4.74 Å². The third kappa shape index (κ3) is 5.84. The first-order chi connectivity index (χ1) is 12.3. The van der Waals surface area contributed by atoms with Crippen LogP contribution < -0.4 is 10.1 Å². The van der Waals surface area contributed by atoms with E-state index in [-0.39, 0.29) is 30.1 Å². The maximum atomic E-state index is 6.07. The van der Waals surface area contributed by atoms with Crippen LogP contribution in [0.1, 0.15) is 29.7 Å². The molecular formula is C19H27IN4OS. The van der Waals surface area contributed by atoms with Crippen molar-refractivity contribution >= 4 is 41.3 Å². The van der Waals surface area contributed by atoms with Gasteiger partial charge in [-0.25, -0.2) is 4.98 Å². The number of nitrogens with one attached hydrogen (secondary N) is 1. The molecule has 1 aromatic carbocycles. The monoisotopic (exact) mass is 486 g/mol. The van der Waals surface area contributed by atoms with Gasteiger partial charge in [0, 0.05) is 44.1 Å². The number of para-hydroxylation sites is 1. The van der Waals surface area contributed by atoms with Crippen LogP contribution in [0.25, 0.3) is 0 Å². The number of aryl methyl sites for hydroxylation is 1. The van der Waals surface area contributed by atoms with Crippen molar-refractivity contribution in [2.45, 2.75) is 38.8 Å². The van der Waals surface area contributed by atoms with E-state index in [0.29, 0.717) is 0 Å². The molecule has 1 aliphatic heterocycles. The molecule has 0 amide bonds. The van der Waals surface area contributed by atoms with Crippen LogP contribution in [-0.4, -0.2) is 42.1 Å². The molecule has 3 rings (SSSR count). The summed E-state index contributed by atoms with van der Waals surface area (Å²) in [5.41, 5.74) is 0. The third-order valence-electron chi connectivity index (χ3n) is 4.35. The van der Waals surface area contributed by atoms with Crippen molar-refractivity contribution in [3.63, 3.8) is 0 Å². The van der Waals surface area contributed by atoms with Gasteiger partial charge in [0.05, 0.1) is 6.54 Å². The molecule has 0 unspecified atom stereocenters. The first-order valence-electron chi connectivity index (χ1n) is 8.89. The van der Waals surface area contributed by atoms with Gasteiger partial charge in [0.1, 0.15) is 16.9 Å². The number of nitrogens with zero attached hydrogens (tertiary/aromatic N) is 3. The Hall–Kier alpha value is -1.35. The van der Waals surface area contributed by atoms with E-state index in [1.165, 1.54) is 4.88 Å². The van der Waals surface area contributed by atoms with Crippen molar-refractivity contribution in [3.8, 4) is 5.75 Å². The molecule has 0 radical (unpaired) electrons. The molecule has 1 aliphatic rings. The number of likely N-dealkylation sites (tertiary alicyclic amines) is 1. The minimum Gasteiger partial charge on any atom is -0.490 e. The lowest BCUT2D eigenvalue weighted by Gasteiger charge is -2.34. The molecule has 0 atom stereocenters. The standard InChI is InChI=1S/C19H26N4OS.HI/c1-3-17-13-21-18(25-17)14-22-19(20-2)23-11-9-16(10-12-23)24-15-7-5-4-6-8-15;/h4-8,13,16H,3,9-12,14H2,1-2H3,(H,20,22);1H. The first-order valence-corrected chi connectivity index (χ1v) is 9.71. The molecular weight excluding hydrogens is 459 g/mol. The summed E-state index contributed by atoms with van der Waals surface area (Å²) in [6.07, 6.45) is 5.31. The van der Waals surface area contributed by atoms with Gasteiger partial charge >= 0.3 is 0 Å². The summed E-state index contributed by atoms with van der Waals surface area (Å²) in [6.45, 7) is 4.80. The van der Waals surface area contributed by atoms with Crippen LogP contribution in [0.4, 0.5) is 0 Å². The minimum atomic E-state index is 0. The lowest BCUT2D eigenvalue weighted by Crippen LogP contribution is -2.47. The molecule has 7 heteroatoms. The number of hydrogen-bond donors (Lipinski definition) is 1. The highest BCUT2D eigenvalue weighted by Gasteiger charge is 2.22. The summed E-state index contributed by atoms with van der Waals surface area (Å²) in [5.74, 6) is 1.91. The van der Waals surface area contributed by atoms with Gasteiger partial charge in [-0.3, -0.25) is 4.99 Å². The van der Waals surface area contributed by atoms with E-state index in [9.17, 15) is 0 Å². The van der Waals surface area contributed by atoms with Crippen molar-refractivity contribution in [1.29, 1.82) is 0 Å². The number of ether oxygens (including phenoxy) is 1. The topological polar surface area (TPSA) is 49.8 Å². The van der Waals surface area contributed by atoms with Gasteiger partial charge < -0.3 is 15.0 Å². The Balaban J connectivity index is 0.00000243. The van der Waals surface area contributed by atoms with Crippen LogP contribution in [-0.2, 0) is 13.0 Å². The average Bonchev–Trinajstić information content (AvgIpc) is 3.12. The lowest BCUT2D eigenvalue weighted by molar-refractivity contribution is 0.129. The normalized spacial score (nSPS) is 15.5. The highest BCUT2D eigenvalue weighted by atomic mass is 127. The molecule has 26 heavy (non-hydrogen) atoms. The molecule has 0 aliphatic carbocycles. The zero-order valence-electron chi connectivity index (χ0n) is 15.4. The van der Waals surface area contributed by atoms with Crippen LogP contribution in [0.2, 0.25) is 0 Å². The fourth-order valence-corrected chi connectivity index (χ4v) is 3.76. The van der Waals surface area contributed by atoms with Gasteiger partial charge in [0.15, 0.2) is 5.96 Å². The highest BCUT2D eigenvalue weighted by molar-refractivity contribution is 14.0. The molecule has 1 fully saturated rings. The van der Waals surface area contributed by atoms with E-state index in [0.717, 1.165) is 55.6 Å². The summed E-state index contributed by atoms with van der Waals surface area (Å²) >= 11 is 1.77. The Morgan fingerprint density at radius 1 is 1.31 bits per heavy atom. The average molecular weight is 486 g/mol. The number of rotatable bonds is 5. The zero-order chi connectivity index (χ0) is 17.5. The maximum absolute atomic E-state index is 6.07. The maximum Gasteiger partial charge on any atom is 0.193 e. The summed E-state index contributed by atoms with van der Waals surface area (Å²) < 4.78 is 6.07. The van der Waals surface area contributed by atoms with Gasteiger partial charge in [-0.1, -0.05) is 25.1 Å². The van der Waals surface area contributed by atoms with Crippen molar-refractivity contribution in [2.75, 3.05) is 20.1 Å². The Labute approximate surface area is 176 Å². The lowest BCUT2D eigenvalue weighted by atomic mass is 10.1. The van der Waals surface area contributed by atoms with Crippen molar-refractivity contribution in [3.05, 3.63) is 46.4 Å². The smallest absolute Gasteiger partial charge is 0.193 e. The van der Waals surface area contributed by atoms with Crippen LogP contribution in [0.3, 0.4) is 0 Å². The largest absolute Gasteiger partial charge is 0.490 e. The molecule has 1 N–H and O–H groups in total. The second-order valence-electron chi connectivity index (χ2n) is 6.09. The van der Waals surface area contributed by atoms with Gasteiger partial charge in [0.25, 0.3) is 0 Å². The number of halogens is 1. The Morgan fingerprint density at radius 3 is 2.65 bits per heavy atom. The molecule has 1 saturated heterocycles. The Kier molecular flexibility index (Phi) is 8.64. The molecule has 1 aromatic heterocycles. The molecule has 2 aromatic rings. The number of thiazole rings is 1. The predicted molar refractivity (Wildman–Crippen MR) is 119 cm³/mol. The van der Waals surface area contributed by atoms with Crippen LogP contribution in [0.5, 0.6) is 5.75 Å². The number of guanidine groups is 1. The fourth-order valence-electron chi connectivity index (χ4n) is 2.96. The number of benzene rings is 1. The third-order valence-corrected chi connectivity index (χ3v) is 5.49. The van der Waals surface area contributed by atoms with Gasteiger partial charge in [-0.15, -0.1) is 35.3 Å². The molecule has 2 heterocycles. The Morgan fingerprint density at radius 2 is 2.04 bits per heavy atom. The minimum absolute atomic E-state index is 0. The molecule has 0 spiro atoms. The Bertz CT molecular complexity index is 684. The van der Waals surface area contributed by atoms with Crippen LogP contribution in [0.15, 0.2) is 41.5 Å². The predicted octanol–water partition coefficient (Wildman–Crippen LogP) is 3.94. The number of aromatic nitrogens is 1. The van der Waals surface area contributed by atoms with Crippen LogP contribution in [0, 0.1) is 0 Å². The number of aliphatic imine (C=N–C) groups is 1. The van der Waals surface area contributed by atoms with E-state index in [4.69, 9.17) is 4.74 Å². The molecule has 0 bridgehead atoms. The second-order valence-corrected chi connectivity index (χ2v) is 7.29. The van der Waals surface area contributed by atoms with Gasteiger partial charge in [0.2, 0.25) is 0 Å². The van der Waals surface area contributed by atoms with Gasteiger partial charge in [-0.05, 0) is 18.6 Å². The molecule has 5 nitrogen and oxygen atoms in total. The SMILES string of the molecule is CCc1cnc(CNC(=NC)N2CCC(Oc3ccccc3)CC2)s1.I. The van der Waals surface area contributed by atoms with Crippen molar-refractivity contribution in [2.24, 2.45) is 4.99 Å². The quantitative estimate of drug-likeness (QED) is 0.395. The van der Waals surface area contributed by atoms with E-state index in [1.54, 1.807) is 11.3 Å². The summed E-state index contributed by atoms with van der Waals surface area (Å²) in [7, 11) is 1.84. The zero-order valence-corrected chi connectivity index (χ0v) is 18.5. The fraction of sp³-hybridized carbons (Fsp3) is 0.474. The number of piperidine rings is 1. The van der Waals surface area contributed by atoms with E-state index < -0.39 is 0 Å². The highest BCUT2D eigenvalue weighted by Crippen LogP contribution is 2.19. The van der Waals surface area contributed by atoms with E-state index >= 15 is 0 Å².